The van der Waals surface area contributed by atoms with E-state index in [1.54, 1.807) is 0 Å². The molecule has 28 heavy (non-hydrogen) atoms. The number of nitrogens with two attached hydrogens (primary N) is 1. The fourth-order valence-corrected chi connectivity index (χ4v) is 3.67. The molecule has 0 radical (unpaired) electrons. The molecule has 0 spiro atoms. The molecule has 6 nitrogen and oxygen atoms in total. The fraction of sp³-hybridized carbons (Fsp3) is 0.143. The van der Waals surface area contributed by atoms with Crippen molar-refractivity contribution in [2.45, 2.75) is 19.4 Å². The molecule has 3 N–H and O–H groups in total. The Morgan fingerprint density at radius 2 is 1.64 bits per heavy atom. The van der Waals surface area contributed by atoms with E-state index in [4.69, 9.17) is 5.73 Å². The average Bonchev–Trinajstić information content (AvgIpc) is 3.10. The van der Waals surface area contributed by atoms with Gasteiger partial charge < -0.3 is 11.1 Å². The van der Waals surface area contributed by atoms with Crippen LogP contribution >= 0.6 is 11.3 Å². The minimum Gasteiger partial charge on any atom is -0.363 e. The topological polar surface area (TPSA) is 102 Å². The highest BCUT2D eigenvalue weighted by atomic mass is 32.1. The van der Waals surface area contributed by atoms with Crippen LogP contribution in [0.1, 0.15) is 20.2 Å². The molecular formula is C21H19N3O3S. The Kier molecular flexibility index (Phi) is 5.96. The van der Waals surface area contributed by atoms with Crippen molar-refractivity contribution in [1.29, 1.82) is 0 Å². The Morgan fingerprint density at radius 1 is 1.04 bits per heavy atom. The number of aryl methyl sites for hydroxylation is 1. The molecule has 2 aromatic carbocycles. The second-order valence-electron chi connectivity index (χ2n) is 6.22. The van der Waals surface area contributed by atoms with Crippen molar-refractivity contribution in [3.05, 3.63) is 76.1 Å². The molecule has 3 rings (SSSR count). The molecule has 0 bridgehead atoms. The van der Waals surface area contributed by atoms with Crippen LogP contribution in [-0.2, 0) is 16.0 Å². The summed E-state index contributed by atoms with van der Waals surface area (Å²) >= 11 is 1.24. The minimum absolute atomic E-state index is 0.173. The third-order valence-electron chi connectivity index (χ3n) is 4.13. The number of hydrogen-bond donors (Lipinski definition) is 2. The molecule has 0 saturated carbocycles. The number of primary amides is 1. The largest absolute Gasteiger partial charge is 0.363 e. The van der Waals surface area contributed by atoms with Gasteiger partial charge >= 0.3 is 0 Å². The molecule has 0 aliphatic carbocycles. The molecule has 142 valence electrons. The Hall–Kier alpha value is -3.32. The standard InChI is InChI=1S/C21H19N3O3S/c1-13-23-17(15-10-6-3-7-11-15)19(28-13)21(27)24-16(18(25)20(22)26)12-14-8-4-2-5-9-14/h2-11,16H,12H2,1H3,(H2,22,26)(H,24,27). The smallest absolute Gasteiger partial charge is 0.287 e. The maximum atomic E-state index is 12.9. The summed E-state index contributed by atoms with van der Waals surface area (Å²) < 4.78 is 0. The summed E-state index contributed by atoms with van der Waals surface area (Å²) in [5.74, 6) is -2.37. The third-order valence-corrected chi connectivity index (χ3v) is 5.10. The zero-order valence-corrected chi connectivity index (χ0v) is 16.0. The molecule has 2 amide bonds. The summed E-state index contributed by atoms with van der Waals surface area (Å²) in [6, 6.07) is 17.4. The van der Waals surface area contributed by atoms with Gasteiger partial charge in [0.15, 0.2) is 0 Å². The molecule has 0 aliphatic heterocycles. The highest BCUT2D eigenvalue weighted by Gasteiger charge is 2.28. The Morgan fingerprint density at radius 3 is 2.25 bits per heavy atom. The lowest BCUT2D eigenvalue weighted by atomic mass is 10.0. The predicted octanol–water partition coefficient (Wildman–Crippen LogP) is 2.51. The lowest BCUT2D eigenvalue weighted by Gasteiger charge is -2.16. The highest BCUT2D eigenvalue weighted by molar-refractivity contribution is 7.14. The maximum absolute atomic E-state index is 12.9. The van der Waals surface area contributed by atoms with Gasteiger partial charge in [-0.15, -0.1) is 11.3 Å². The zero-order chi connectivity index (χ0) is 20.1. The van der Waals surface area contributed by atoms with E-state index >= 15 is 0 Å². The zero-order valence-electron chi connectivity index (χ0n) is 15.2. The number of hydrogen-bond acceptors (Lipinski definition) is 5. The van der Waals surface area contributed by atoms with Crippen LogP contribution in [0, 0.1) is 6.92 Å². The van der Waals surface area contributed by atoms with E-state index < -0.39 is 23.6 Å². The molecule has 1 atom stereocenters. The number of rotatable bonds is 7. The third kappa shape index (κ3) is 4.50. The van der Waals surface area contributed by atoms with Crippen LogP contribution in [0.4, 0.5) is 0 Å². The summed E-state index contributed by atoms with van der Waals surface area (Å²) in [6.07, 6.45) is 0.173. The van der Waals surface area contributed by atoms with Gasteiger partial charge in [0.1, 0.15) is 10.9 Å². The summed E-state index contributed by atoms with van der Waals surface area (Å²) in [7, 11) is 0. The number of nitrogens with zero attached hydrogens (tertiary/aromatic N) is 1. The maximum Gasteiger partial charge on any atom is 0.287 e. The van der Waals surface area contributed by atoms with E-state index in [1.165, 1.54) is 11.3 Å². The average molecular weight is 393 g/mol. The number of ketones is 1. The van der Waals surface area contributed by atoms with Crippen LogP contribution in [0.3, 0.4) is 0 Å². The van der Waals surface area contributed by atoms with Crippen LogP contribution < -0.4 is 11.1 Å². The first kappa shape index (κ1) is 19.4. The first-order chi connectivity index (χ1) is 13.5. The first-order valence-corrected chi connectivity index (χ1v) is 9.48. The second kappa shape index (κ2) is 8.58. The SMILES string of the molecule is Cc1nc(-c2ccccc2)c(C(=O)NC(Cc2ccccc2)C(=O)C(N)=O)s1. The quantitative estimate of drug-likeness (QED) is 0.602. The lowest BCUT2D eigenvalue weighted by Crippen LogP contribution is -2.47. The molecule has 7 heteroatoms. The summed E-state index contributed by atoms with van der Waals surface area (Å²) in [5, 5.41) is 3.39. The van der Waals surface area contributed by atoms with Gasteiger partial charge in [-0.25, -0.2) is 4.98 Å². The Labute approximate surface area is 166 Å². The van der Waals surface area contributed by atoms with E-state index in [1.807, 2.05) is 67.6 Å². The number of carbonyl (C=O) groups is 3. The van der Waals surface area contributed by atoms with Crippen LogP contribution in [-0.4, -0.2) is 28.6 Å². The van der Waals surface area contributed by atoms with Crippen molar-refractivity contribution in [3.63, 3.8) is 0 Å². The number of benzene rings is 2. The molecule has 0 aliphatic rings. The molecule has 1 unspecified atom stereocenters. The van der Waals surface area contributed by atoms with E-state index in [2.05, 4.69) is 10.3 Å². The normalized spacial score (nSPS) is 11.6. The number of nitrogens with one attached hydrogen (secondary N) is 1. The lowest BCUT2D eigenvalue weighted by molar-refractivity contribution is -0.137. The van der Waals surface area contributed by atoms with Crippen LogP contribution in [0.25, 0.3) is 11.3 Å². The molecular weight excluding hydrogens is 374 g/mol. The Balaban J connectivity index is 1.88. The van der Waals surface area contributed by atoms with Crippen molar-refractivity contribution < 1.29 is 14.4 Å². The number of amides is 2. The first-order valence-electron chi connectivity index (χ1n) is 8.67. The van der Waals surface area contributed by atoms with Crippen molar-refractivity contribution in [1.82, 2.24) is 10.3 Å². The number of carbonyl (C=O) groups excluding carboxylic acids is 3. The summed E-state index contributed by atoms with van der Waals surface area (Å²) in [6.45, 7) is 1.81. The van der Waals surface area contributed by atoms with Crippen molar-refractivity contribution in [2.75, 3.05) is 0 Å². The minimum atomic E-state index is -1.08. The highest BCUT2D eigenvalue weighted by Crippen LogP contribution is 2.28. The Bertz CT molecular complexity index is 1000. The van der Waals surface area contributed by atoms with E-state index in [-0.39, 0.29) is 6.42 Å². The van der Waals surface area contributed by atoms with Crippen molar-refractivity contribution in [3.8, 4) is 11.3 Å². The number of Topliss-reactive ketones (excluding diaryl/α,β-unsaturated/α-hetero) is 1. The van der Waals surface area contributed by atoms with Gasteiger partial charge in [-0.3, -0.25) is 14.4 Å². The van der Waals surface area contributed by atoms with Crippen LogP contribution in [0.2, 0.25) is 0 Å². The molecule has 0 fully saturated rings. The predicted molar refractivity (Wildman–Crippen MR) is 108 cm³/mol. The van der Waals surface area contributed by atoms with Gasteiger partial charge in [-0.05, 0) is 12.5 Å². The van der Waals surface area contributed by atoms with Crippen molar-refractivity contribution in [2.24, 2.45) is 5.73 Å². The molecule has 0 saturated heterocycles. The fourth-order valence-electron chi connectivity index (χ4n) is 2.83. The van der Waals surface area contributed by atoms with Gasteiger partial charge in [-0.2, -0.15) is 0 Å². The van der Waals surface area contributed by atoms with Gasteiger partial charge in [-0.1, -0.05) is 60.7 Å². The molecule has 3 aromatic rings. The van der Waals surface area contributed by atoms with Gasteiger partial charge in [0.2, 0.25) is 5.78 Å². The molecule has 1 heterocycles. The van der Waals surface area contributed by atoms with Crippen molar-refractivity contribution >= 4 is 28.9 Å². The monoisotopic (exact) mass is 393 g/mol. The molecule has 1 aromatic heterocycles. The van der Waals surface area contributed by atoms with Gasteiger partial charge in [0.05, 0.1) is 10.7 Å². The van der Waals surface area contributed by atoms with Gasteiger partial charge in [0.25, 0.3) is 11.8 Å². The number of aromatic nitrogens is 1. The van der Waals surface area contributed by atoms with Gasteiger partial charge in [0, 0.05) is 12.0 Å². The van der Waals surface area contributed by atoms with Crippen LogP contribution in [0.5, 0.6) is 0 Å². The summed E-state index contributed by atoms with van der Waals surface area (Å²) in [4.78, 5) is 41.5. The summed E-state index contributed by atoms with van der Waals surface area (Å²) in [5.41, 5.74) is 7.34. The van der Waals surface area contributed by atoms with E-state index in [9.17, 15) is 14.4 Å². The van der Waals surface area contributed by atoms with E-state index in [0.29, 0.717) is 10.6 Å². The van der Waals surface area contributed by atoms with E-state index in [0.717, 1.165) is 16.1 Å². The van der Waals surface area contributed by atoms with Crippen LogP contribution in [0.15, 0.2) is 60.7 Å². The number of thiazole rings is 1. The second-order valence-corrected chi connectivity index (χ2v) is 7.42.